The molecule has 1 aliphatic carbocycles. The van der Waals surface area contributed by atoms with Crippen LogP contribution in [0.3, 0.4) is 0 Å². The zero-order valence-corrected chi connectivity index (χ0v) is 9.85. The molecule has 0 aliphatic heterocycles. The smallest absolute Gasteiger partial charge is 0.311 e. The highest BCUT2D eigenvalue weighted by molar-refractivity contribution is 5.85. The van der Waals surface area contributed by atoms with E-state index in [2.05, 4.69) is 10.0 Å². The molecule has 0 aromatic heterocycles. The Balaban J connectivity index is 2.40. The summed E-state index contributed by atoms with van der Waals surface area (Å²) in [7, 11) is 0. The summed E-state index contributed by atoms with van der Waals surface area (Å²) in [6.07, 6.45) is 2.49. The zero-order chi connectivity index (χ0) is 13.8. The van der Waals surface area contributed by atoms with E-state index < -0.39 is 4.92 Å². The molecule has 0 radical (unpaired) electrons. The predicted octanol–water partition coefficient (Wildman–Crippen LogP) is 3.14. The molecule has 0 atom stereocenters. The molecule has 2 rings (SSSR count). The quantitative estimate of drug-likeness (QED) is 0.195. The summed E-state index contributed by atoms with van der Waals surface area (Å²) < 4.78 is 5.37. The fourth-order valence-electron chi connectivity index (χ4n) is 1.55. The number of nitro groups is 1. The van der Waals surface area contributed by atoms with Crippen LogP contribution in [0.25, 0.3) is 10.4 Å². The van der Waals surface area contributed by atoms with Gasteiger partial charge in [0.2, 0.25) is 0 Å². The number of ether oxygens (including phenoxy) is 1. The summed E-state index contributed by atoms with van der Waals surface area (Å²) in [4.78, 5) is 23.7. The molecular weight excluding hydrogens is 252 g/mol. The van der Waals surface area contributed by atoms with Crippen LogP contribution < -0.4 is 4.74 Å². The second-order valence-corrected chi connectivity index (χ2v) is 4.20. The molecule has 1 aliphatic rings. The van der Waals surface area contributed by atoms with Gasteiger partial charge in [0, 0.05) is 16.5 Å². The van der Waals surface area contributed by atoms with Gasteiger partial charge in [-0.15, -0.1) is 0 Å². The van der Waals surface area contributed by atoms with Gasteiger partial charge in [-0.2, -0.15) is 0 Å². The van der Waals surface area contributed by atoms with Crippen molar-refractivity contribution in [1.29, 1.82) is 0 Å². The van der Waals surface area contributed by atoms with E-state index in [4.69, 9.17) is 10.3 Å². The van der Waals surface area contributed by atoms with Crippen LogP contribution >= 0.6 is 0 Å². The lowest BCUT2D eigenvalue weighted by Gasteiger charge is -2.08. The summed E-state index contributed by atoms with van der Waals surface area (Å²) in [5, 5.41) is 14.3. The van der Waals surface area contributed by atoms with Gasteiger partial charge in [0.05, 0.1) is 17.2 Å². The van der Waals surface area contributed by atoms with Crippen LogP contribution in [-0.4, -0.2) is 17.8 Å². The van der Waals surface area contributed by atoms with Gasteiger partial charge in [-0.1, -0.05) is 5.11 Å². The lowest BCUT2D eigenvalue weighted by Crippen LogP contribution is -2.02. The third-order valence-electron chi connectivity index (χ3n) is 2.76. The first kappa shape index (κ1) is 12.8. The standard InChI is InChI=1S/C11H10N4O4/c12-14-13-9-4-11(19-6-7-1-2-7)10(15(17)18)3-8(9)5-16/h3-5,7H,1-2,6H2. The van der Waals surface area contributed by atoms with E-state index in [9.17, 15) is 14.9 Å². The lowest BCUT2D eigenvalue weighted by atomic mass is 10.1. The Kier molecular flexibility index (Phi) is 3.63. The van der Waals surface area contributed by atoms with Crippen LogP contribution in [0.5, 0.6) is 5.75 Å². The number of carbonyl (C=O) groups is 1. The highest BCUT2D eigenvalue weighted by Crippen LogP contribution is 2.36. The average Bonchev–Trinajstić information content (AvgIpc) is 3.20. The second kappa shape index (κ2) is 5.36. The van der Waals surface area contributed by atoms with E-state index in [1.54, 1.807) is 0 Å². The van der Waals surface area contributed by atoms with Crippen LogP contribution in [0.1, 0.15) is 23.2 Å². The second-order valence-electron chi connectivity index (χ2n) is 4.20. The normalized spacial score (nSPS) is 13.5. The van der Waals surface area contributed by atoms with Crippen LogP contribution in [0, 0.1) is 16.0 Å². The van der Waals surface area contributed by atoms with E-state index in [1.165, 1.54) is 6.07 Å². The van der Waals surface area contributed by atoms with E-state index in [1.807, 2.05) is 0 Å². The van der Waals surface area contributed by atoms with Gasteiger partial charge < -0.3 is 4.74 Å². The molecule has 0 N–H and O–H groups in total. The third-order valence-corrected chi connectivity index (χ3v) is 2.76. The van der Waals surface area contributed by atoms with E-state index in [0.29, 0.717) is 18.8 Å². The van der Waals surface area contributed by atoms with E-state index in [0.717, 1.165) is 18.9 Å². The highest BCUT2D eigenvalue weighted by atomic mass is 16.6. The molecule has 19 heavy (non-hydrogen) atoms. The van der Waals surface area contributed by atoms with Gasteiger partial charge in [0.1, 0.15) is 0 Å². The largest absolute Gasteiger partial charge is 0.487 e. The highest BCUT2D eigenvalue weighted by Gasteiger charge is 2.25. The van der Waals surface area contributed by atoms with Crippen molar-refractivity contribution in [3.05, 3.63) is 38.3 Å². The van der Waals surface area contributed by atoms with Crippen LogP contribution in [0.15, 0.2) is 17.2 Å². The fourth-order valence-corrected chi connectivity index (χ4v) is 1.55. The molecule has 1 saturated carbocycles. The molecule has 0 saturated heterocycles. The van der Waals surface area contributed by atoms with Crippen molar-refractivity contribution in [3.8, 4) is 5.75 Å². The van der Waals surface area contributed by atoms with Gasteiger partial charge in [-0.05, 0) is 30.4 Å². The average molecular weight is 262 g/mol. The van der Waals surface area contributed by atoms with E-state index >= 15 is 0 Å². The summed E-state index contributed by atoms with van der Waals surface area (Å²) in [6.45, 7) is 0.386. The SMILES string of the molecule is [N-]=[N+]=Nc1cc(OCC2CC2)c([N+](=O)[O-])cc1C=O. The number of rotatable bonds is 6. The number of nitrogens with zero attached hydrogens (tertiary/aromatic N) is 4. The number of benzene rings is 1. The molecule has 1 fully saturated rings. The summed E-state index contributed by atoms with van der Waals surface area (Å²) in [5.41, 5.74) is 8.08. The minimum atomic E-state index is -0.630. The van der Waals surface area contributed by atoms with Crippen molar-refractivity contribution < 1.29 is 14.5 Å². The number of hydrogen-bond donors (Lipinski definition) is 0. The Morgan fingerprint density at radius 1 is 1.58 bits per heavy atom. The van der Waals surface area contributed by atoms with Gasteiger partial charge in [0.15, 0.2) is 12.0 Å². The Morgan fingerprint density at radius 2 is 2.32 bits per heavy atom. The Morgan fingerprint density at radius 3 is 2.84 bits per heavy atom. The topological polar surface area (TPSA) is 118 Å². The van der Waals surface area contributed by atoms with Crippen LogP contribution in [0.2, 0.25) is 0 Å². The first-order valence-corrected chi connectivity index (χ1v) is 5.61. The van der Waals surface area contributed by atoms with Crippen molar-refractivity contribution in [2.45, 2.75) is 12.8 Å². The van der Waals surface area contributed by atoms with Gasteiger partial charge in [-0.3, -0.25) is 14.9 Å². The van der Waals surface area contributed by atoms with Gasteiger partial charge >= 0.3 is 5.69 Å². The summed E-state index contributed by atoms with van der Waals surface area (Å²) in [5.74, 6) is 0.443. The molecule has 8 heteroatoms. The summed E-state index contributed by atoms with van der Waals surface area (Å²) in [6, 6.07) is 2.28. The molecule has 98 valence electrons. The lowest BCUT2D eigenvalue weighted by molar-refractivity contribution is -0.385. The molecule has 0 heterocycles. The molecule has 1 aromatic carbocycles. The molecule has 0 bridgehead atoms. The van der Waals surface area contributed by atoms with Crippen molar-refractivity contribution >= 4 is 17.7 Å². The molecule has 0 amide bonds. The minimum Gasteiger partial charge on any atom is -0.487 e. The van der Waals surface area contributed by atoms with Crippen LogP contribution in [0.4, 0.5) is 11.4 Å². The van der Waals surface area contributed by atoms with Crippen LogP contribution in [-0.2, 0) is 0 Å². The Hall–Kier alpha value is -2.60. The number of carbonyl (C=O) groups excluding carboxylic acids is 1. The Bertz CT molecular complexity index is 576. The van der Waals surface area contributed by atoms with Gasteiger partial charge in [0.25, 0.3) is 0 Å². The summed E-state index contributed by atoms with van der Waals surface area (Å²) >= 11 is 0. The first-order chi connectivity index (χ1) is 9.15. The molecule has 1 aromatic rings. The molecule has 8 nitrogen and oxygen atoms in total. The maximum atomic E-state index is 10.9. The monoisotopic (exact) mass is 262 g/mol. The number of nitro benzene ring substituents is 1. The fraction of sp³-hybridized carbons (Fsp3) is 0.364. The van der Waals surface area contributed by atoms with Crippen molar-refractivity contribution in [2.24, 2.45) is 11.0 Å². The van der Waals surface area contributed by atoms with Crippen molar-refractivity contribution in [3.63, 3.8) is 0 Å². The Labute approximate surface area is 107 Å². The predicted molar refractivity (Wildman–Crippen MR) is 65.5 cm³/mol. The van der Waals surface area contributed by atoms with E-state index in [-0.39, 0.29) is 22.7 Å². The molecule has 0 unspecified atom stereocenters. The van der Waals surface area contributed by atoms with Gasteiger partial charge in [-0.25, -0.2) is 0 Å². The number of azide groups is 1. The molecule has 0 spiro atoms. The third kappa shape index (κ3) is 2.99. The number of aldehydes is 1. The zero-order valence-electron chi connectivity index (χ0n) is 9.85. The van der Waals surface area contributed by atoms with Crippen molar-refractivity contribution in [2.75, 3.05) is 6.61 Å². The number of hydrogen-bond acceptors (Lipinski definition) is 5. The van der Waals surface area contributed by atoms with Crippen molar-refractivity contribution in [1.82, 2.24) is 0 Å². The minimum absolute atomic E-state index is 0.0184. The maximum Gasteiger partial charge on any atom is 0.311 e. The first-order valence-electron chi connectivity index (χ1n) is 5.61. The molecular formula is C11H10N4O4. The maximum absolute atomic E-state index is 10.9.